The van der Waals surface area contributed by atoms with Crippen LogP contribution in [0.2, 0.25) is 0 Å². The number of ether oxygens (including phenoxy) is 2. The molecule has 1 aromatic carbocycles. The summed E-state index contributed by atoms with van der Waals surface area (Å²) in [5.41, 5.74) is 0.187. The molecule has 0 unspecified atom stereocenters. The number of ketones is 1. The Labute approximate surface area is 109 Å². The topological polar surface area (TPSA) is 98.8 Å². The van der Waals surface area contributed by atoms with Gasteiger partial charge < -0.3 is 9.47 Å². The van der Waals surface area contributed by atoms with Gasteiger partial charge in [-0.15, -0.1) is 0 Å². The lowest BCUT2D eigenvalue weighted by molar-refractivity contribution is 0.0961. The molecule has 2 rings (SSSR count). The molecule has 1 N–H and O–H groups in total. The lowest BCUT2D eigenvalue weighted by Gasteiger charge is -2.07. The first kappa shape index (κ1) is 13.3. The molecule has 19 heavy (non-hydrogen) atoms. The summed E-state index contributed by atoms with van der Waals surface area (Å²) < 4.78 is 35.0. The normalized spacial score (nSPS) is 13.6. The standard InChI is InChI=1S/C11H11NO6S/c1-2-17-11(14)12-19(15,16)7-3-4-10-8(5-7)9(13)6-18-10/h3-5H,2,6H2,1H3,(H,12,14). The number of sulfonamides is 1. The molecule has 8 heteroatoms. The molecular formula is C11H11NO6S. The van der Waals surface area contributed by atoms with Crippen LogP contribution < -0.4 is 9.46 Å². The highest BCUT2D eigenvalue weighted by Crippen LogP contribution is 2.27. The van der Waals surface area contributed by atoms with Gasteiger partial charge >= 0.3 is 6.09 Å². The van der Waals surface area contributed by atoms with Gasteiger partial charge in [0.15, 0.2) is 6.61 Å². The fraction of sp³-hybridized carbons (Fsp3) is 0.273. The van der Waals surface area contributed by atoms with E-state index in [1.807, 2.05) is 0 Å². The SMILES string of the molecule is CCOC(=O)NS(=O)(=O)c1ccc2c(c1)C(=O)CO2. The molecule has 0 aromatic heterocycles. The van der Waals surface area contributed by atoms with Gasteiger partial charge in [-0.25, -0.2) is 17.9 Å². The van der Waals surface area contributed by atoms with Crippen LogP contribution in [0.1, 0.15) is 17.3 Å². The summed E-state index contributed by atoms with van der Waals surface area (Å²) in [5.74, 6) is 0.0308. The number of Topliss-reactive ketones (excluding diaryl/α,β-unsaturated/α-hetero) is 1. The third-order valence-corrected chi connectivity index (χ3v) is 3.72. The third kappa shape index (κ3) is 2.68. The minimum absolute atomic E-state index is 0.0534. The highest BCUT2D eigenvalue weighted by molar-refractivity contribution is 7.90. The minimum atomic E-state index is -4.06. The summed E-state index contributed by atoms with van der Waals surface area (Å²) in [6, 6.07) is 3.80. The van der Waals surface area contributed by atoms with Crippen molar-refractivity contribution in [3.8, 4) is 5.75 Å². The van der Waals surface area contributed by atoms with Gasteiger partial charge in [-0.2, -0.15) is 0 Å². The van der Waals surface area contributed by atoms with E-state index in [1.54, 1.807) is 11.6 Å². The van der Waals surface area contributed by atoms with Crippen LogP contribution in [0.5, 0.6) is 5.75 Å². The Kier molecular flexibility index (Phi) is 3.43. The van der Waals surface area contributed by atoms with Crippen molar-refractivity contribution in [2.75, 3.05) is 13.2 Å². The molecule has 1 heterocycles. The van der Waals surface area contributed by atoms with Gasteiger partial charge in [-0.05, 0) is 25.1 Å². The van der Waals surface area contributed by atoms with Crippen LogP contribution in [0.25, 0.3) is 0 Å². The first-order valence-corrected chi connectivity index (χ1v) is 6.92. The van der Waals surface area contributed by atoms with Gasteiger partial charge in [0.25, 0.3) is 10.0 Å². The van der Waals surface area contributed by atoms with Crippen molar-refractivity contribution in [1.82, 2.24) is 4.72 Å². The van der Waals surface area contributed by atoms with E-state index in [0.29, 0.717) is 5.75 Å². The number of hydrogen-bond acceptors (Lipinski definition) is 6. The van der Waals surface area contributed by atoms with Crippen LogP contribution in [0.15, 0.2) is 23.1 Å². The van der Waals surface area contributed by atoms with Crippen molar-refractivity contribution in [2.24, 2.45) is 0 Å². The Morgan fingerprint density at radius 1 is 1.47 bits per heavy atom. The van der Waals surface area contributed by atoms with E-state index in [-0.39, 0.29) is 29.5 Å². The first-order chi connectivity index (χ1) is 8.94. The van der Waals surface area contributed by atoms with Crippen LogP contribution in [0.4, 0.5) is 4.79 Å². The van der Waals surface area contributed by atoms with Gasteiger partial charge in [-0.1, -0.05) is 0 Å². The molecule has 1 aromatic rings. The highest BCUT2D eigenvalue weighted by atomic mass is 32.2. The summed E-state index contributed by atoms with van der Waals surface area (Å²) >= 11 is 0. The molecule has 1 aliphatic heterocycles. The van der Waals surface area contributed by atoms with Crippen LogP contribution >= 0.6 is 0 Å². The van der Waals surface area contributed by atoms with Crippen LogP contribution in [-0.4, -0.2) is 33.5 Å². The molecular weight excluding hydrogens is 274 g/mol. The van der Waals surface area contributed by atoms with E-state index in [0.717, 1.165) is 0 Å². The monoisotopic (exact) mass is 285 g/mol. The maximum absolute atomic E-state index is 11.9. The van der Waals surface area contributed by atoms with E-state index >= 15 is 0 Å². The molecule has 0 saturated carbocycles. The maximum atomic E-state index is 11.9. The zero-order valence-corrected chi connectivity index (χ0v) is 10.8. The molecule has 102 valence electrons. The molecule has 0 bridgehead atoms. The molecule has 0 spiro atoms. The summed E-state index contributed by atoms with van der Waals surface area (Å²) in [6.07, 6.45) is -1.06. The maximum Gasteiger partial charge on any atom is 0.421 e. The molecule has 1 aliphatic rings. The molecule has 7 nitrogen and oxygen atoms in total. The van der Waals surface area contributed by atoms with E-state index in [1.165, 1.54) is 18.2 Å². The third-order valence-electron chi connectivity index (χ3n) is 2.41. The van der Waals surface area contributed by atoms with E-state index in [2.05, 4.69) is 4.74 Å². The molecule has 0 atom stereocenters. The highest BCUT2D eigenvalue weighted by Gasteiger charge is 2.25. The lowest BCUT2D eigenvalue weighted by atomic mass is 10.1. The summed E-state index contributed by atoms with van der Waals surface area (Å²) in [7, 11) is -4.06. The molecule has 1 amide bonds. The number of rotatable bonds is 3. The number of carbonyl (C=O) groups excluding carboxylic acids is 2. The van der Waals surface area contributed by atoms with Crippen molar-refractivity contribution >= 4 is 21.9 Å². The summed E-state index contributed by atoms with van der Waals surface area (Å²) in [4.78, 5) is 22.4. The van der Waals surface area contributed by atoms with E-state index in [4.69, 9.17) is 4.74 Å². The van der Waals surface area contributed by atoms with E-state index in [9.17, 15) is 18.0 Å². The average Bonchev–Trinajstić information content (AvgIpc) is 2.70. The molecule has 0 fully saturated rings. The Morgan fingerprint density at radius 3 is 2.89 bits per heavy atom. The van der Waals surface area contributed by atoms with E-state index < -0.39 is 16.1 Å². The number of nitrogens with one attached hydrogen (secondary N) is 1. The Morgan fingerprint density at radius 2 is 2.21 bits per heavy atom. The second-order valence-electron chi connectivity index (χ2n) is 3.70. The number of amides is 1. The molecule has 0 radical (unpaired) electrons. The summed E-state index contributed by atoms with van der Waals surface area (Å²) in [6.45, 7) is 1.50. The van der Waals surface area contributed by atoms with Gasteiger partial charge in [0.2, 0.25) is 5.78 Å². The predicted octanol–water partition coefficient (Wildman–Crippen LogP) is 0.697. The Hall–Kier alpha value is -2.09. The van der Waals surface area contributed by atoms with Crippen molar-refractivity contribution in [1.29, 1.82) is 0 Å². The smallest absolute Gasteiger partial charge is 0.421 e. The van der Waals surface area contributed by atoms with Crippen LogP contribution in [-0.2, 0) is 14.8 Å². The number of benzene rings is 1. The zero-order chi connectivity index (χ0) is 14.0. The fourth-order valence-electron chi connectivity index (χ4n) is 1.57. The number of hydrogen-bond donors (Lipinski definition) is 1. The zero-order valence-electron chi connectivity index (χ0n) is 10.0. The van der Waals surface area contributed by atoms with Crippen molar-refractivity contribution < 1.29 is 27.5 Å². The lowest BCUT2D eigenvalue weighted by Crippen LogP contribution is -2.31. The fourth-order valence-corrected chi connectivity index (χ4v) is 2.49. The second-order valence-corrected chi connectivity index (χ2v) is 5.38. The van der Waals surface area contributed by atoms with Crippen molar-refractivity contribution in [3.63, 3.8) is 0 Å². The van der Waals surface area contributed by atoms with Gasteiger partial charge in [0.1, 0.15) is 5.75 Å². The van der Waals surface area contributed by atoms with Gasteiger partial charge in [-0.3, -0.25) is 4.79 Å². The number of fused-ring (bicyclic) bond motifs is 1. The average molecular weight is 285 g/mol. The first-order valence-electron chi connectivity index (χ1n) is 5.43. The summed E-state index contributed by atoms with van der Waals surface area (Å²) in [5, 5.41) is 0. The molecule has 0 saturated heterocycles. The van der Waals surface area contributed by atoms with Crippen molar-refractivity contribution in [2.45, 2.75) is 11.8 Å². The Balaban J connectivity index is 2.29. The van der Waals surface area contributed by atoms with Crippen molar-refractivity contribution in [3.05, 3.63) is 23.8 Å². The van der Waals surface area contributed by atoms with Crippen LogP contribution in [0, 0.1) is 0 Å². The largest absolute Gasteiger partial charge is 0.485 e. The molecule has 0 aliphatic carbocycles. The second kappa shape index (κ2) is 4.88. The minimum Gasteiger partial charge on any atom is -0.485 e. The Bertz CT molecular complexity index is 637. The predicted molar refractivity (Wildman–Crippen MR) is 63.6 cm³/mol. The number of carbonyl (C=O) groups is 2. The quantitative estimate of drug-likeness (QED) is 0.877. The van der Waals surface area contributed by atoms with Gasteiger partial charge in [0.05, 0.1) is 17.1 Å². The van der Waals surface area contributed by atoms with Gasteiger partial charge in [0, 0.05) is 0 Å². The van der Waals surface area contributed by atoms with Crippen LogP contribution in [0.3, 0.4) is 0 Å².